The molecule has 0 fully saturated rings. The number of amides is 2. The first-order valence-electron chi connectivity index (χ1n) is 7.26. The number of hydrogen-bond donors (Lipinski definition) is 2. The number of benzene rings is 2. The molecule has 0 aliphatic heterocycles. The van der Waals surface area contributed by atoms with Crippen molar-refractivity contribution >= 4 is 35.0 Å². The summed E-state index contributed by atoms with van der Waals surface area (Å²) in [5.41, 5.74) is -0.356. The fourth-order valence-electron chi connectivity index (χ4n) is 2.02. The average Bonchev–Trinajstić information content (AvgIpc) is 2.57. The molecule has 26 heavy (non-hydrogen) atoms. The molecule has 0 saturated carbocycles. The molecule has 2 aromatic carbocycles. The first kappa shape index (κ1) is 18.7. The van der Waals surface area contributed by atoms with Crippen molar-refractivity contribution in [2.75, 3.05) is 10.6 Å². The van der Waals surface area contributed by atoms with Gasteiger partial charge in [0.05, 0.1) is 16.3 Å². The summed E-state index contributed by atoms with van der Waals surface area (Å²) in [6, 6.07) is 7.04. The molecule has 0 aliphatic rings. The van der Waals surface area contributed by atoms with Gasteiger partial charge in [-0.25, -0.2) is 8.78 Å². The molecule has 0 radical (unpaired) electrons. The van der Waals surface area contributed by atoms with Gasteiger partial charge in [0.15, 0.2) is 0 Å². The zero-order valence-electron chi connectivity index (χ0n) is 13.5. The van der Waals surface area contributed by atoms with Gasteiger partial charge in [0.25, 0.3) is 5.69 Å². The largest absolute Gasteiger partial charge is 0.324 e. The van der Waals surface area contributed by atoms with Crippen LogP contribution in [0.25, 0.3) is 6.08 Å². The Morgan fingerprint density at radius 2 is 1.73 bits per heavy atom. The quantitative estimate of drug-likeness (QED) is 0.483. The number of rotatable bonds is 5. The second-order valence-corrected chi connectivity index (χ2v) is 5.17. The van der Waals surface area contributed by atoms with Gasteiger partial charge < -0.3 is 10.6 Å². The molecule has 0 spiro atoms. The predicted octanol–water partition coefficient (Wildman–Crippen LogP) is 3.48. The van der Waals surface area contributed by atoms with Gasteiger partial charge in [-0.1, -0.05) is 12.1 Å². The SMILES string of the molecule is CC(=O)Nc1cc(NC(=O)/C=C/c2cccc([N+](=O)[O-])c2)c(F)cc1F. The lowest BCUT2D eigenvalue weighted by Crippen LogP contribution is -2.12. The van der Waals surface area contributed by atoms with Gasteiger partial charge in [0.1, 0.15) is 11.6 Å². The van der Waals surface area contributed by atoms with Crippen molar-refractivity contribution in [3.05, 3.63) is 69.8 Å². The zero-order chi connectivity index (χ0) is 19.3. The van der Waals surface area contributed by atoms with Crippen LogP contribution in [0.1, 0.15) is 12.5 Å². The number of nitrogens with one attached hydrogen (secondary N) is 2. The van der Waals surface area contributed by atoms with Crippen LogP contribution in [0.4, 0.5) is 25.8 Å². The monoisotopic (exact) mass is 361 g/mol. The molecule has 2 amide bonds. The lowest BCUT2D eigenvalue weighted by molar-refractivity contribution is -0.384. The van der Waals surface area contributed by atoms with Gasteiger partial charge in [0.2, 0.25) is 11.8 Å². The van der Waals surface area contributed by atoms with E-state index >= 15 is 0 Å². The molecular weight excluding hydrogens is 348 g/mol. The molecule has 9 heteroatoms. The zero-order valence-corrected chi connectivity index (χ0v) is 13.5. The Morgan fingerprint density at radius 1 is 1.08 bits per heavy atom. The van der Waals surface area contributed by atoms with Gasteiger partial charge in [-0.2, -0.15) is 0 Å². The minimum atomic E-state index is -1.02. The minimum Gasteiger partial charge on any atom is -0.324 e. The van der Waals surface area contributed by atoms with Crippen molar-refractivity contribution in [1.29, 1.82) is 0 Å². The van der Waals surface area contributed by atoms with Crippen molar-refractivity contribution in [2.45, 2.75) is 6.92 Å². The number of hydrogen-bond acceptors (Lipinski definition) is 4. The molecule has 0 aliphatic carbocycles. The maximum Gasteiger partial charge on any atom is 0.270 e. The number of nitrogens with zero attached hydrogens (tertiary/aromatic N) is 1. The molecule has 0 saturated heterocycles. The van der Waals surface area contributed by atoms with E-state index in [0.29, 0.717) is 11.6 Å². The highest BCUT2D eigenvalue weighted by molar-refractivity contribution is 6.02. The van der Waals surface area contributed by atoms with Crippen LogP contribution < -0.4 is 10.6 Å². The Kier molecular flexibility index (Phi) is 5.74. The molecule has 0 aromatic heterocycles. The van der Waals surface area contributed by atoms with Crippen molar-refractivity contribution in [1.82, 2.24) is 0 Å². The second-order valence-electron chi connectivity index (χ2n) is 5.17. The summed E-state index contributed by atoms with van der Waals surface area (Å²) in [5, 5.41) is 15.1. The average molecular weight is 361 g/mol. The summed E-state index contributed by atoms with van der Waals surface area (Å²) >= 11 is 0. The van der Waals surface area contributed by atoms with Gasteiger partial charge in [-0.3, -0.25) is 19.7 Å². The van der Waals surface area contributed by atoms with Crippen LogP contribution in [0.15, 0.2) is 42.5 Å². The molecule has 2 rings (SSSR count). The molecule has 0 bridgehead atoms. The number of nitro benzene ring substituents is 1. The van der Waals surface area contributed by atoms with E-state index in [1.807, 2.05) is 0 Å². The topological polar surface area (TPSA) is 101 Å². The fraction of sp³-hybridized carbons (Fsp3) is 0.0588. The summed E-state index contributed by atoms with van der Waals surface area (Å²) in [6.45, 7) is 1.16. The first-order chi connectivity index (χ1) is 12.3. The maximum absolute atomic E-state index is 13.8. The number of halogens is 2. The van der Waals surface area contributed by atoms with Crippen LogP contribution in [-0.4, -0.2) is 16.7 Å². The first-order valence-corrected chi connectivity index (χ1v) is 7.26. The van der Waals surface area contributed by atoms with E-state index in [2.05, 4.69) is 10.6 Å². The van der Waals surface area contributed by atoms with Crippen LogP contribution in [0.5, 0.6) is 0 Å². The standard InChI is InChI=1S/C17H13F2N3O4/c1-10(23)20-15-9-16(14(19)8-13(15)18)21-17(24)6-5-11-3-2-4-12(7-11)22(25)26/h2-9H,1H3,(H,20,23)(H,21,24)/b6-5+. The van der Waals surface area contributed by atoms with Crippen LogP contribution in [0.3, 0.4) is 0 Å². The van der Waals surface area contributed by atoms with Crippen molar-refractivity contribution in [3.63, 3.8) is 0 Å². The molecule has 0 heterocycles. The fourth-order valence-corrected chi connectivity index (χ4v) is 2.02. The Labute approximate surface area is 146 Å². The molecule has 2 N–H and O–H groups in total. The number of nitro groups is 1. The normalized spacial score (nSPS) is 10.6. The number of carbonyl (C=O) groups is 2. The molecule has 0 atom stereocenters. The van der Waals surface area contributed by atoms with E-state index in [1.165, 1.54) is 24.3 Å². The Balaban J connectivity index is 2.15. The lowest BCUT2D eigenvalue weighted by Gasteiger charge is -2.09. The second kappa shape index (κ2) is 7.97. The predicted molar refractivity (Wildman–Crippen MR) is 91.4 cm³/mol. The molecule has 2 aromatic rings. The highest BCUT2D eigenvalue weighted by atomic mass is 19.1. The van der Waals surface area contributed by atoms with Crippen LogP contribution >= 0.6 is 0 Å². The number of carbonyl (C=O) groups excluding carboxylic acids is 2. The Hall–Kier alpha value is -3.62. The summed E-state index contributed by atoms with van der Waals surface area (Å²) in [5.74, 6) is -3.30. The summed E-state index contributed by atoms with van der Waals surface area (Å²) in [7, 11) is 0. The van der Waals surface area contributed by atoms with Gasteiger partial charge in [-0.05, 0) is 17.7 Å². The number of non-ortho nitro benzene ring substituents is 1. The van der Waals surface area contributed by atoms with Gasteiger partial charge in [0, 0.05) is 31.2 Å². The van der Waals surface area contributed by atoms with Crippen molar-refractivity contribution in [2.24, 2.45) is 0 Å². The highest BCUT2D eigenvalue weighted by Crippen LogP contribution is 2.23. The molecule has 134 valence electrons. The van der Waals surface area contributed by atoms with Crippen LogP contribution in [0.2, 0.25) is 0 Å². The van der Waals surface area contributed by atoms with Gasteiger partial charge >= 0.3 is 0 Å². The third-order valence-corrected chi connectivity index (χ3v) is 3.13. The van der Waals surface area contributed by atoms with E-state index in [4.69, 9.17) is 0 Å². The highest BCUT2D eigenvalue weighted by Gasteiger charge is 2.12. The third-order valence-electron chi connectivity index (χ3n) is 3.13. The Morgan fingerprint density at radius 3 is 2.35 bits per heavy atom. The van der Waals surface area contributed by atoms with E-state index in [9.17, 15) is 28.5 Å². The minimum absolute atomic E-state index is 0.142. The van der Waals surface area contributed by atoms with E-state index in [1.54, 1.807) is 6.07 Å². The molecular formula is C17H13F2N3O4. The summed E-state index contributed by atoms with van der Waals surface area (Å²) in [6.07, 6.45) is 2.35. The molecule has 7 nitrogen and oxygen atoms in total. The lowest BCUT2D eigenvalue weighted by atomic mass is 10.2. The van der Waals surface area contributed by atoms with E-state index < -0.39 is 28.4 Å². The van der Waals surface area contributed by atoms with Crippen molar-refractivity contribution in [3.8, 4) is 0 Å². The number of anilines is 2. The summed E-state index contributed by atoms with van der Waals surface area (Å²) < 4.78 is 27.3. The van der Waals surface area contributed by atoms with E-state index in [0.717, 1.165) is 19.1 Å². The smallest absolute Gasteiger partial charge is 0.270 e. The van der Waals surface area contributed by atoms with Crippen LogP contribution in [0, 0.1) is 21.7 Å². The van der Waals surface area contributed by atoms with Crippen molar-refractivity contribution < 1.29 is 23.3 Å². The van der Waals surface area contributed by atoms with Crippen LogP contribution in [-0.2, 0) is 9.59 Å². The Bertz CT molecular complexity index is 913. The van der Waals surface area contributed by atoms with E-state index in [-0.39, 0.29) is 17.1 Å². The third kappa shape index (κ3) is 4.94. The molecule has 0 unspecified atom stereocenters. The van der Waals surface area contributed by atoms with Gasteiger partial charge in [-0.15, -0.1) is 0 Å². The maximum atomic E-state index is 13.8. The summed E-state index contributed by atoms with van der Waals surface area (Å²) in [4.78, 5) is 33.0.